The maximum Gasteiger partial charge on any atom is 0.228 e. The van der Waals surface area contributed by atoms with E-state index in [2.05, 4.69) is 20.2 Å². The Bertz CT molecular complexity index is 704. The lowest BCUT2D eigenvalue weighted by Crippen LogP contribution is -2.39. The molecule has 1 atom stereocenters. The van der Waals surface area contributed by atoms with Crippen molar-refractivity contribution in [1.82, 2.24) is 24.8 Å². The summed E-state index contributed by atoms with van der Waals surface area (Å²) in [6.45, 7) is 4.86. The maximum atomic E-state index is 5.52. The SMILES string of the molecule is Cc1cc(Nc2ncccn2)nc([C@@H]2CCCN2C2CCOCC2)n1. The first kappa shape index (κ1) is 16.4. The van der Waals surface area contributed by atoms with Gasteiger partial charge in [-0.2, -0.15) is 0 Å². The number of aryl methyl sites for hydroxylation is 1. The molecular weight excluding hydrogens is 316 g/mol. The fraction of sp³-hybridized carbons (Fsp3) is 0.556. The number of hydrogen-bond acceptors (Lipinski definition) is 7. The van der Waals surface area contributed by atoms with Gasteiger partial charge in [-0.15, -0.1) is 0 Å². The van der Waals surface area contributed by atoms with Crippen molar-refractivity contribution in [1.29, 1.82) is 0 Å². The number of anilines is 2. The van der Waals surface area contributed by atoms with Crippen LogP contribution in [0.4, 0.5) is 11.8 Å². The molecular formula is C18H24N6O. The predicted molar refractivity (Wildman–Crippen MR) is 94.6 cm³/mol. The average Bonchev–Trinajstić information content (AvgIpc) is 3.13. The molecule has 0 radical (unpaired) electrons. The molecule has 2 saturated heterocycles. The lowest BCUT2D eigenvalue weighted by atomic mass is 10.1. The van der Waals surface area contributed by atoms with Crippen LogP contribution in [0.1, 0.15) is 43.2 Å². The standard InChI is InChI=1S/C18H24N6O/c1-13-12-16(23-18-19-7-3-8-20-18)22-17(21-13)15-4-2-9-24(15)14-5-10-25-11-6-14/h3,7-8,12,14-15H,2,4-6,9-11H2,1H3,(H,19,20,21,22,23)/t15-/m0/s1. The second-order valence-corrected chi connectivity index (χ2v) is 6.69. The zero-order valence-electron chi connectivity index (χ0n) is 14.6. The van der Waals surface area contributed by atoms with Gasteiger partial charge in [0, 0.05) is 43.4 Å². The monoisotopic (exact) mass is 340 g/mol. The zero-order chi connectivity index (χ0) is 17.1. The highest BCUT2D eigenvalue weighted by atomic mass is 16.5. The number of aromatic nitrogens is 4. The van der Waals surface area contributed by atoms with Gasteiger partial charge in [0.25, 0.3) is 0 Å². The first-order chi connectivity index (χ1) is 12.3. The highest BCUT2D eigenvalue weighted by molar-refractivity contribution is 5.47. The Balaban J connectivity index is 1.56. The second-order valence-electron chi connectivity index (χ2n) is 6.69. The van der Waals surface area contributed by atoms with Crippen LogP contribution >= 0.6 is 0 Å². The molecule has 0 aliphatic carbocycles. The van der Waals surface area contributed by atoms with Gasteiger partial charge in [-0.1, -0.05) is 0 Å². The molecule has 2 aromatic heterocycles. The number of nitrogens with one attached hydrogen (secondary N) is 1. The molecule has 4 heterocycles. The molecule has 7 heteroatoms. The fourth-order valence-electron chi connectivity index (χ4n) is 3.80. The van der Waals surface area contributed by atoms with Gasteiger partial charge >= 0.3 is 0 Å². The largest absolute Gasteiger partial charge is 0.381 e. The predicted octanol–water partition coefficient (Wildman–Crippen LogP) is 2.63. The Kier molecular flexibility index (Phi) is 4.85. The summed E-state index contributed by atoms with van der Waals surface area (Å²) < 4.78 is 5.52. The van der Waals surface area contributed by atoms with Crippen LogP contribution in [-0.4, -0.2) is 50.6 Å². The second kappa shape index (κ2) is 7.41. The van der Waals surface area contributed by atoms with Crippen molar-refractivity contribution in [3.63, 3.8) is 0 Å². The van der Waals surface area contributed by atoms with Crippen LogP contribution in [0.5, 0.6) is 0 Å². The van der Waals surface area contributed by atoms with E-state index >= 15 is 0 Å². The van der Waals surface area contributed by atoms with E-state index in [1.54, 1.807) is 18.5 Å². The Labute approximate surface area is 147 Å². The highest BCUT2D eigenvalue weighted by Gasteiger charge is 2.34. The normalized spacial score (nSPS) is 22.2. The quantitative estimate of drug-likeness (QED) is 0.917. The maximum absolute atomic E-state index is 5.52. The van der Waals surface area contributed by atoms with Crippen molar-refractivity contribution in [2.24, 2.45) is 0 Å². The van der Waals surface area contributed by atoms with Crippen LogP contribution in [0.3, 0.4) is 0 Å². The first-order valence-electron chi connectivity index (χ1n) is 9.03. The van der Waals surface area contributed by atoms with E-state index in [0.717, 1.165) is 56.4 Å². The molecule has 1 N–H and O–H groups in total. The van der Waals surface area contributed by atoms with Crippen molar-refractivity contribution in [3.8, 4) is 0 Å². The molecule has 132 valence electrons. The zero-order valence-corrected chi connectivity index (χ0v) is 14.6. The van der Waals surface area contributed by atoms with Crippen molar-refractivity contribution in [2.45, 2.75) is 44.7 Å². The van der Waals surface area contributed by atoms with Crippen LogP contribution in [-0.2, 0) is 4.74 Å². The van der Waals surface area contributed by atoms with Crippen molar-refractivity contribution in [3.05, 3.63) is 36.0 Å². The van der Waals surface area contributed by atoms with Gasteiger partial charge < -0.3 is 10.1 Å². The van der Waals surface area contributed by atoms with Gasteiger partial charge in [0.1, 0.15) is 11.6 Å². The molecule has 2 aliphatic heterocycles. The molecule has 7 nitrogen and oxygen atoms in total. The van der Waals surface area contributed by atoms with Gasteiger partial charge in [0.05, 0.1) is 6.04 Å². The molecule has 0 bridgehead atoms. The Morgan fingerprint density at radius 3 is 2.72 bits per heavy atom. The van der Waals surface area contributed by atoms with E-state index in [1.165, 1.54) is 6.42 Å². The lowest BCUT2D eigenvalue weighted by Gasteiger charge is -2.34. The third-order valence-corrected chi connectivity index (χ3v) is 4.93. The van der Waals surface area contributed by atoms with Crippen LogP contribution in [0.2, 0.25) is 0 Å². The van der Waals surface area contributed by atoms with Crippen molar-refractivity contribution < 1.29 is 4.74 Å². The van der Waals surface area contributed by atoms with Gasteiger partial charge in [-0.05, 0) is 45.2 Å². The number of nitrogens with zero attached hydrogens (tertiary/aromatic N) is 5. The van der Waals surface area contributed by atoms with Gasteiger partial charge in [0.15, 0.2) is 0 Å². The Hall–Kier alpha value is -2.12. The molecule has 0 spiro atoms. The summed E-state index contributed by atoms with van der Waals surface area (Å²) in [5, 5.41) is 3.19. The first-order valence-corrected chi connectivity index (χ1v) is 9.03. The van der Waals surface area contributed by atoms with Gasteiger partial charge in [0.2, 0.25) is 5.95 Å². The van der Waals surface area contributed by atoms with Crippen LogP contribution in [0, 0.1) is 6.92 Å². The van der Waals surface area contributed by atoms with E-state index in [-0.39, 0.29) is 0 Å². The van der Waals surface area contributed by atoms with E-state index < -0.39 is 0 Å². The smallest absolute Gasteiger partial charge is 0.228 e. The number of rotatable bonds is 4. The fourth-order valence-corrected chi connectivity index (χ4v) is 3.80. The summed E-state index contributed by atoms with van der Waals surface area (Å²) >= 11 is 0. The van der Waals surface area contributed by atoms with E-state index in [0.29, 0.717) is 18.0 Å². The molecule has 25 heavy (non-hydrogen) atoms. The third-order valence-electron chi connectivity index (χ3n) is 4.93. The minimum atomic E-state index is 0.292. The van der Waals surface area contributed by atoms with Gasteiger partial charge in [-0.3, -0.25) is 4.90 Å². The Morgan fingerprint density at radius 2 is 1.92 bits per heavy atom. The Morgan fingerprint density at radius 1 is 1.12 bits per heavy atom. The molecule has 2 aliphatic rings. The van der Waals surface area contributed by atoms with Crippen LogP contribution in [0.15, 0.2) is 24.5 Å². The van der Waals surface area contributed by atoms with Crippen molar-refractivity contribution in [2.75, 3.05) is 25.1 Å². The van der Waals surface area contributed by atoms with Gasteiger partial charge in [-0.25, -0.2) is 19.9 Å². The molecule has 0 amide bonds. The van der Waals surface area contributed by atoms with E-state index in [9.17, 15) is 0 Å². The van der Waals surface area contributed by atoms with Crippen LogP contribution < -0.4 is 5.32 Å². The summed E-state index contributed by atoms with van der Waals surface area (Å²) in [5.74, 6) is 2.22. The lowest BCUT2D eigenvalue weighted by molar-refractivity contribution is 0.0279. The molecule has 4 rings (SSSR count). The highest BCUT2D eigenvalue weighted by Crippen LogP contribution is 2.35. The van der Waals surface area contributed by atoms with Crippen LogP contribution in [0.25, 0.3) is 0 Å². The molecule has 0 unspecified atom stereocenters. The molecule has 0 aromatic carbocycles. The van der Waals surface area contributed by atoms with E-state index in [1.807, 2.05) is 13.0 Å². The molecule has 2 fully saturated rings. The summed E-state index contributed by atoms with van der Waals surface area (Å²) in [6.07, 6.45) is 7.95. The minimum absolute atomic E-state index is 0.292. The summed E-state index contributed by atoms with van der Waals surface area (Å²) in [5.41, 5.74) is 0.960. The average molecular weight is 340 g/mol. The number of likely N-dealkylation sites (tertiary alicyclic amines) is 1. The topological polar surface area (TPSA) is 76.1 Å². The summed E-state index contributed by atoms with van der Waals surface area (Å²) in [4.78, 5) is 20.5. The third kappa shape index (κ3) is 3.77. The van der Waals surface area contributed by atoms with Crippen molar-refractivity contribution >= 4 is 11.8 Å². The summed E-state index contributed by atoms with van der Waals surface area (Å²) in [7, 11) is 0. The molecule has 0 saturated carbocycles. The number of hydrogen-bond donors (Lipinski definition) is 1. The minimum Gasteiger partial charge on any atom is -0.381 e. The number of ether oxygens (including phenoxy) is 1. The van der Waals surface area contributed by atoms with E-state index in [4.69, 9.17) is 14.7 Å². The molecule has 2 aromatic rings. The summed E-state index contributed by atoms with van der Waals surface area (Å²) in [6, 6.07) is 4.61.